The van der Waals surface area contributed by atoms with Gasteiger partial charge in [-0.05, 0) is 37.1 Å². The molecule has 5 heteroatoms. The molecule has 0 aliphatic rings. The fraction of sp³-hybridized carbons (Fsp3) is 0.875. The Morgan fingerprint density at radius 3 is 2.00 bits per heavy atom. The number of amides is 1. The number of hydrogen-bond acceptors (Lipinski definition) is 3. The zero-order valence-corrected chi connectivity index (χ0v) is 15.6. The van der Waals surface area contributed by atoms with Gasteiger partial charge in [0.15, 0.2) is 5.78 Å². The quantitative estimate of drug-likeness (QED) is 0.765. The van der Waals surface area contributed by atoms with Crippen LogP contribution in [0.3, 0.4) is 0 Å². The smallest absolute Gasteiger partial charge is 0.408 e. The molecule has 0 unspecified atom stereocenters. The summed E-state index contributed by atoms with van der Waals surface area (Å²) < 4.78 is 5.26. The summed E-state index contributed by atoms with van der Waals surface area (Å²) in [5.74, 6) is 1.01. The van der Waals surface area contributed by atoms with Gasteiger partial charge in [0.1, 0.15) is 11.4 Å². The molecule has 0 aromatic heterocycles. The highest BCUT2D eigenvalue weighted by Gasteiger charge is 2.28. The minimum absolute atomic E-state index is 0.0783. The van der Waals surface area contributed by atoms with Crippen molar-refractivity contribution in [1.29, 1.82) is 0 Å². The number of carbonyl (C=O) groups excluding carboxylic acids is 2. The summed E-state index contributed by atoms with van der Waals surface area (Å²) in [6.07, 6.45) is 4.89. The van der Waals surface area contributed by atoms with Crippen LogP contribution in [0, 0.1) is 5.41 Å². The van der Waals surface area contributed by atoms with E-state index in [4.69, 9.17) is 4.74 Å². The van der Waals surface area contributed by atoms with Gasteiger partial charge in [0, 0.05) is 12.8 Å². The molecule has 0 radical (unpaired) electrons. The molecule has 0 saturated heterocycles. The lowest BCUT2D eigenvalue weighted by Gasteiger charge is -2.25. The summed E-state index contributed by atoms with van der Waals surface area (Å²) in [5, 5.41) is 2.75. The maximum atomic E-state index is 12.4. The Hall–Kier alpha value is -0.710. The first-order valence-corrected chi connectivity index (χ1v) is 9.57. The molecular formula is C16H32NO3S+. The molecule has 1 N–H and O–H groups in total. The minimum atomic E-state index is -0.554. The lowest BCUT2D eigenvalue weighted by molar-refractivity contribution is -0.122. The number of hydrogen-bond donors (Lipinski definition) is 1. The Bertz CT molecular complexity index is 354. The van der Waals surface area contributed by atoms with Crippen LogP contribution < -0.4 is 5.32 Å². The molecule has 0 heterocycles. The van der Waals surface area contributed by atoms with Crippen molar-refractivity contribution in [3.63, 3.8) is 0 Å². The number of Topliss-reactive ketones (excluding diaryl/α,β-unsaturated/α-hetero) is 1. The van der Waals surface area contributed by atoms with Gasteiger partial charge in [0.05, 0.1) is 18.6 Å². The van der Waals surface area contributed by atoms with Crippen LogP contribution in [0.1, 0.15) is 54.4 Å². The van der Waals surface area contributed by atoms with E-state index in [1.54, 1.807) is 0 Å². The van der Waals surface area contributed by atoms with Crippen LogP contribution in [0.4, 0.5) is 4.79 Å². The Morgan fingerprint density at radius 2 is 1.62 bits per heavy atom. The molecule has 0 aliphatic heterocycles. The summed E-state index contributed by atoms with van der Waals surface area (Å²) in [6, 6.07) is -0.450. The van der Waals surface area contributed by atoms with Crippen LogP contribution in [-0.4, -0.2) is 41.8 Å². The van der Waals surface area contributed by atoms with E-state index in [9.17, 15) is 9.59 Å². The topological polar surface area (TPSA) is 55.4 Å². The largest absolute Gasteiger partial charge is 0.444 e. The molecule has 1 atom stereocenters. The van der Waals surface area contributed by atoms with Crippen LogP contribution in [-0.2, 0) is 20.4 Å². The highest BCUT2D eigenvalue weighted by Crippen LogP contribution is 2.20. The molecule has 124 valence electrons. The van der Waals surface area contributed by atoms with E-state index in [-0.39, 0.29) is 22.1 Å². The first-order valence-electron chi connectivity index (χ1n) is 7.36. The summed E-state index contributed by atoms with van der Waals surface area (Å²) in [6.45, 7) is 11.5. The molecule has 1 amide bonds. The first kappa shape index (κ1) is 20.3. The van der Waals surface area contributed by atoms with E-state index in [0.29, 0.717) is 12.8 Å². The van der Waals surface area contributed by atoms with Gasteiger partial charge in [-0.1, -0.05) is 20.8 Å². The fourth-order valence-electron chi connectivity index (χ4n) is 1.76. The average Bonchev–Trinajstić information content (AvgIpc) is 2.18. The van der Waals surface area contributed by atoms with Crippen molar-refractivity contribution in [3.8, 4) is 0 Å². The van der Waals surface area contributed by atoms with Gasteiger partial charge < -0.3 is 10.1 Å². The van der Waals surface area contributed by atoms with E-state index < -0.39 is 17.7 Å². The molecule has 0 aromatic carbocycles. The van der Waals surface area contributed by atoms with E-state index >= 15 is 0 Å². The highest BCUT2D eigenvalue weighted by molar-refractivity contribution is 7.95. The minimum Gasteiger partial charge on any atom is -0.444 e. The molecule has 0 aromatic rings. The third-order valence-corrected chi connectivity index (χ3v) is 3.65. The number of ether oxygens (including phenoxy) is 1. The Kier molecular flexibility index (Phi) is 7.79. The van der Waals surface area contributed by atoms with Crippen molar-refractivity contribution in [2.75, 3.05) is 18.3 Å². The molecule has 0 fully saturated rings. The van der Waals surface area contributed by atoms with E-state index in [1.807, 2.05) is 41.5 Å². The van der Waals surface area contributed by atoms with Crippen LogP contribution in [0.25, 0.3) is 0 Å². The van der Waals surface area contributed by atoms with E-state index in [2.05, 4.69) is 17.8 Å². The Morgan fingerprint density at radius 1 is 1.10 bits per heavy atom. The van der Waals surface area contributed by atoms with Gasteiger partial charge in [-0.3, -0.25) is 4.79 Å². The standard InChI is InChI=1S/C16H31NO3S/c1-15(2,3)11-13(18)12(9-10-21(7)8)17-14(19)20-16(4,5)6/h12H,9-11H2,1-8H3/p+1/t12-/m0/s1. The van der Waals surface area contributed by atoms with Crippen LogP contribution in [0.15, 0.2) is 0 Å². The summed E-state index contributed by atoms with van der Waals surface area (Å²) in [5.41, 5.74) is -0.632. The number of carbonyl (C=O) groups is 2. The Labute approximate surface area is 132 Å². The molecular weight excluding hydrogens is 286 g/mol. The average molecular weight is 319 g/mol. The van der Waals surface area contributed by atoms with Gasteiger partial charge in [0.2, 0.25) is 0 Å². The molecule has 0 rings (SSSR count). The van der Waals surface area contributed by atoms with Crippen molar-refractivity contribution < 1.29 is 14.3 Å². The van der Waals surface area contributed by atoms with Gasteiger partial charge in [0.25, 0.3) is 0 Å². The molecule has 4 nitrogen and oxygen atoms in total. The highest BCUT2D eigenvalue weighted by atomic mass is 32.2. The second-order valence-corrected chi connectivity index (χ2v) is 10.3. The van der Waals surface area contributed by atoms with Crippen molar-refractivity contribution in [1.82, 2.24) is 5.32 Å². The first-order chi connectivity index (χ1) is 9.30. The maximum absolute atomic E-state index is 12.4. The summed E-state index contributed by atoms with van der Waals surface area (Å²) >= 11 is 0. The van der Waals surface area contributed by atoms with Crippen molar-refractivity contribution in [3.05, 3.63) is 0 Å². The van der Waals surface area contributed by atoms with Gasteiger partial charge in [-0.25, -0.2) is 4.79 Å². The van der Waals surface area contributed by atoms with Gasteiger partial charge in [-0.2, -0.15) is 0 Å². The zero-order chi connectivity index (χ0) is 16.8. The summed E-state index contributed by atoms with van der Waals surface area (Å²) in [7, 11) is 0.246. The summed E-state index contributed by atoms with van der Waals surface area (Å²) in [4.78, 5) is 24.3. The molecule has 0 bridgehead atoms. The molecule has 21 heavy (non-hydrogen) atoms. The third-order valence-electron chi connectivity index (χ3n) is 2.60. The van der Waals surface area contributed by atoms with E-state index in [1.165, 1.54) is 0 Å². The van der Waals surface area contributed by atoms with Gasteiger partial charge >= 0.3 is 6.09 Å². The van der Waals surface area contributed by atoms with Crippen molar-refractivity contribution >= 4 is 22.8 Å². The predicted molar refractivity (Wildman–Crippen MR) is 90.9 cm³/mol. The van der Waals surface area contributed by atoms with Crippen LogP contribution in [0.5, 0.6) is 0 Å². The predicted octanol–water partition coefficient (Wildman–Crippen LogP) is 3.15. The SMILES string of the molecule is C[S+](C)CC[C@H](NC(=O)OC(C)(C)C)C(=O)CC(C)(C)C. The third kappa shape index (κ3) is 11.6. The molecule has 0 spiro atoms. The van der Waals surface area contributed by atoms with Crippen LogP contribution in [0.2, 0.25) is 0 Å². The lowest BCUT2D eigenvalue weighted by atomic mass is 9.87. The van der Waals surface area contributed by atoms with E-state index in [0.717, 1.165) is 5.75 Å². The number of rotatable bonds is 6. The molecule has 0 saturated carbocycles. The van der Waals surface area contributed by atoms with Crippen molar-refractivity contribution in [2.45, 2.75) is 66.0 Å². The Balaban J connectivity index is 4.73. The number of alkyl carbamates (subject to hydrolysis) is 1. The molecule has 0 aliphatic carbocycles. The van der Waals surface area contributed by atoms with Gasteiger partial charge in [-0.15, -0.1) is 0 Å². The lowest BCUT2D eigenvalue weighted by Crippen LogP contribution is -2.45. The maximum Gasteiger partial charge on any atom is 0.408 e. The monoisotopic (exact) mass is 318 g/mol. The second kappa shape index (κ2) is 8.06. The second-order valence-electron chi connectivity index (χ2n) is 7.88. The number of nitrogens with one attached hydrogen (secondary N) is 1. The van der Waals surface area contributed by atoms with Crippen LogP contribution >= 0.6 is 0 Å². The fourth-order valence-corrected chi connectivity index (χ4v) is 2.47. The number of ketones is 1. The van der Waals surface area contributed by atoms with Crippen molar-refractivity contribution in [2.24, 2.45) is 5.41 Å². The normalized spacial score (nSPS) is 14.0. The zero-order valence-electron chi connectivity index (χ0n) is 14.8.